The van der Waals surface area contributed by atoms with Crippen LogP contribution in [0.3, 0.4) is 0 Å². The van der Waals surface area contributed by atoms with E-state index in [2.05, 4.69) is 85.2 Å². The number of piperazine rings is 2. The summed E-state index contributed by atoms with van der Waals surface area (Å²) in [6, 6.07) is 23.2. The van der Waals surface area contributed by atoms with E-state index in [4.69, 9.17) is 15.0 Å². The second-order valence-corrected chi connectivity index (χ2v) is 9.97. The SMILES string of the molecule is Cc1nc(N2CCN(c3ccccc3)CC2)ncc1-c1ccnc(N2CCN(Cc3ccccc3)CC2)n1. The molecule has 0 unspecified atom stereocenters. The molecule has 2 aromatic heterocycles. The second kappa shape index (κ2) is 11.1. The normalized spacial score (nSPS) is 16.6. The highest BCUT2D eigenvalue weighted by atomic mass is 15.3. The molecule has 0 spiro atoms. The van der Waals surface area contributed by atoms with E-state index in [0.29, 0.717) is 0 Å². The fraction of sp³-hybridized carbons (Fsp3) is 0.333. The van der Waals surface area contributed by atoms with Crippen LogP contribution < -0.4 is 14.7 Å². The molecule has 2 aliphatic heterocycles. The van der Waals surface area contributed by atoms with Crippen LogP contribution in [0, 0.1) is 6.92 Å². The van der Waals surface area contributed by atoms with Crippen LogP contribution in [0.2, 0.25) is 0 Å². The minimum Gasteiger partial charge on any atom is -0.368 e. The van der Waals surface area contributed by atoms with E-state index in [1.165, 1.54) is 11.3 Å². The van der Waals surface area contributed by atoms with E-state index in [1.54, 1.807) is 0 Å². The van der Waals surface area contributed by atoms with Crippen LogP contribution in [0.4, 0.5) is 17.6 Å². The van der Waals surface area contributed by atoms with Gasteiger partial charge >= 0.3 is 0 Å². The van der Waals surface area contributed by atoms with Crippen molar-refractivity contribution in [2.45, 2.75) is 13.5 Å². The van der Waals surface area contributed by atoms with E-state index >= 15 is 0 Å². The Bertz CT molecular complexity index is 1330. The molecule has 2 saturated heterocycles. The molecule has 0 bridgehead atoms. The van der Waals surface area contributed by atoms with Gasteiger partial charge in [0.05, 0.1) is 11.4 Å². The van der Waals surface area contributed by atoms with Crippen molar-refractivity contribution in [1.29, 1.82) is 0 Å². The van der Waals surface area contributed by atoms with Gasteiger partial charge in [0.15, 0.2) is 0 Å². The number of rotatable bonds is 6. The summed E-state index contributed by atoms with van der Waals surface area (Å²) in [5.74, 6) is 1.57. The smallest absolute Gasteiger partial charge is 0.225 e. The van der Waals surface area contributed by atoms with E-state index < -0.39 is 0 Å². The van der Waals surface area contributed by atoms with Gasteiger partial charge in [-0.05, 0) is 30.7 Å². The fourth-order valence-electron chi connectivity index (χ4n) is 5.26. The number of aromatic nitrogens is 4. The Labute approximate surface area is 224 Å². The van der Waals surface area contributed by atoms with E-state index in [9.17, 15) is 0 Å². The van der Waals surface area contributed by atoms with Crippen molar-refractivity contribution in [2.75, 3.05) is 67.1 Å². The summed E-state index contributed by atoms with van der Waals surface area (Å²) in [7, 11) is 0. The van der Waals surface area contributed by atoms with Crippen molar-refractivity contribution in [3.8, 4) is 11.3 Å². The van der Waals surface area contributed by atoms with Crippen LogP contribution in [0.25, 0.3) is 11.3 Å². The molecular weight excluding hydrogens is 472 g/mol. The molecular formula is C30H34N8. The van der Waals surface area contributed by atoms with Gasteiger partial charge in [0, 0.05) is 82.5 Å². The molecule has 0 saturated carbocycles. The number of hydrogen-bond acceptors (Lipinski definition) is 8. The van der Waals surface area contributed by atoms with Gasteiger partial charge in [0.25, 0.3) is 0 Å². The Kier molecular flexibility index (Phi) is 7.13. The van der Waals surface area contributed by atoms with Crippen LogP contribution in [0.15, 0.2) is 79.1 Å². The van der Waals surface area contributed by atoms with Gasteiger partial charge in [-0.25, -0.2) is 19.9 Å². The zero-order valence-electron chi connectivity index (χ0n) is 21.9. The van der Waals surface area contributed by atoms with Crippen LogP contribution >= 0.6 is 0 Å². The summed E-state index contributed by atoms with van der Waals surface area (Å²) in [5, 5.41) is 0. The lowest BCUT2D eigenvalue weighted by Gasteiger charge is -2.36. The van der Waals surface area contributed by atoms with Crippen LogP contribution in [0.5, 0.6) is 0 Å². The first kappa shape index (κ1) is 24.3. The fourth-order valence-corrected chi connectivity index (χ4v) is 5.26. The van der Waals surface area contributed by atoms with Crippen LogP contribution in [-0.4, -0.2) is 77.2 Å². The largest absolute Gasteiger partial charge is 0.368 e. The highest BCUT2D eigenvalue weighted by Gasteiger charge is 2.22. The van der Waals surface area contributed by atoms with Gasteiger partial charge in [-0.2, -0.15) is 0 Å². The van der Waals surface area contributed by atoms with Gasteiger partial charge < -0.3 is 14.7 Å². The molecule has 194 valence electrons. The first-order valence-corrected chi connectivity index (χ1v) is 13.5. The zero-order valence-corrected chi connectivity index (χ0v) is 21.9. The molecule has 0 radical (unpaired) electrons. The Balaban J connectivity index is 1.09. The zero-order chi connectivity index (χ0) is 25.7. The number of anilines is 3. The van der Waals surface area contributed by atoms with Gasteiger partial charge in [0.1, 0.15) is 0 Å². The maximum Gasteiger partial charge on any atom is 0.225 e. The third-order valence-corrected chi connectivity index (χ3v) is 7.47. The predicted molar refractivity (Wildman–Crippen MR) is 153 cm³/mol. The van der Waals surface area contributed by atoms with Crippen molar-refractivity contribution in [2.24, 2.45) is 0 Å². The highest BCUT2D eigenvalue weighted by molar-refractivity contribution is 5.63. The first-order valence-electron chi connectivity index (χ1n) is 13.5. The van der Waals surface area contributed by atoms with Crippen molar-refractivity contribution >= 4 is 17.6 Å². The van der Waals surface area contributed by atoms with E-state index in [1.807, 2.05) is 25.4 Å². The molecule has 2 fully saturated rings. The number of nitrogens with zero attached hydrogens (tertiary/aromatic N) is 8. The lowest BCUT2D eigenvalue weighted by molar-refractivity contribution is 0.248. The molecule has 0 N–H and O–H groups in total. The van der Waals surface area contributed by atoms with Gasteiger partial charge in [-0.1, -0.05) is 48.5 Å². The molecule has 8 heteroatoms. The molecule has 38 heavy (non-hydrogen) atoms. The van der Waals surface area contributed by atoms with Crippen molar-refractivity contribution in [3.05, 3.63) is 90.4 Å². The monoisotopic (exact) mass is 506 g/mol. The minimum absolute atomic E-state index is 0.780. The molecule has 4 aromatic rings. The van der Waals surface area contributed by atoms with E-state index in [0.717, 1.165) is 87.8 Å². The predicted octanol–water partition coefficient (Wildman–Crippen LogP) is 3.89. The molecule has 8 nitrogen and oxygen atoms in total. The Morgan fingerprint density at radius 1 is 0.632 bits per heavy atom. The maximum absolute atomic E-state index is 4.92. The van der Waals surface area contributed by atoms with Gasteiger partial charge in [0.2, 0.25) is 11.9 Å². The average Bonchev–Trinajstić information content (AvgIpc) is 2.99. The van der Waals surface area contributed by atoms with Crippen LogP contribution in [0.1, 0.15) is 11.3 Å². The minimum atomic E-state index is 0.780. The average molecular weight is 507 g/mol. The quantitative estimate of drug-likeness (QED) is 0.390. The molecule has 6 rings (SSSR count). The third kappa shape index (κ3) is 5.45. The number of hydrogen-bond donors (Lipinski definition) is 0. The van der Waals surface area contributed by atoms with Gasteiger partial charge in [-0.15, -0.1) is 0 Å². The molecule has 2 aromatic carbocycles. The summed E-state index contributed by atoms with van der Waals surface area (Å²) >= 11 is 0. The second-order valence-electron chi connectivity index (χ2n) is 9.97. The summed E-state index contributed by atoms with van der Waals surface area (Å²) < 4.78 is 0. The molecule has 0 atom stereocenters. The first-order chi connectivity index (χ1) is 18.7. The summed E-state index contributed by atoms with van der Waals surface area (Å²) in [5.41, 5.74) is 5.41. The number of benzene rings is 2. The van der Waals surface area contributed by atoms with Crippen molar-refractivity contribution < 1.29 is 0 Å². The van der Waals surface area contributed by atoms with Gasteiger partial charge in [-0.3, -0.25) is 4.90 Å². The molecule has 0 aliphatic carbocycles. The standard InChI is InChI=1S/C30H34N8/c1-24-27(22-32-30(33-24)38-20-18-36(19-21-38)26-10-6-3-7-11-26)28-12-13-31-29(34-28)37-16-14-35(15-17-37)23-25-8-4-2-5-9-25/h2-13,22H,14-21,23H2,1H3. The Hall–Kier alpha value is -4.04. The summed E-state index contributed by atoms with van der Waals surface area (Å²) in [4.78, 5) is 28.6. The Morgan fingerprint density at radius 2 is 1.24 bits per heavy atom. The molecule has 2 aliphatic rings. The molecule has 4 heterocycles. The lowest BCUT2D eigenvalue weighted by Crippen LogP contribution is -2.47. The number of aryl methyl sites for hydroxylation is 1. The third-order valence-electron chi connectivity index (χ3n) is 7.47. The van der Waals surface area contributed by atoms with Crippen LogP contribution in [-0.2, 0) is 6.54 Å². The Morgan fingerprint density at radius 3 is 1.92 bits per heavy atom. The van der Waals surface area contributed by atoms with Crippen molar-refractivity contribution in [1.82, 2.24) is 24.8 Å². The highest BCUT2D eigenvalue weighted by Crippen LogP contribution is 2.24. The number of para-hydroxylation sites is 1. The summed E-state index contributed by atoms with van der Waals surface area (Å²) in [6.07, 6.45) is 3.77. The molecule has 0 amide bonds. The lowest BCUT2D eigenvalue weighted by atomic mass is 10.1. The van der Waals surface area contributed by atoms with E-state index in [-0.39, 0.29) is 0 Å². The maximum atomic E-state index is 4.92. The topological polar surface area (TPSA) is 64.5 Å². The summed E-state index contributed by atoms with van der Waals surface area (Å²) in [6.45, 7) is 10.6. The van der Waals surface area contributed by atoms with Crippen molar-refractivity contribution in [3.63, 3.8) is 0 Å².